The van der Waals surface area contributed by atoms with Gasteiger partial charge in [0, 0.05) is 4.92 Å². The largest absolute Gasteiger partial charge is 0.264 e. The highest BCUT2D eigenvalue weighted by molar-refractivity contribution is 5.74. The first-order chi connectivity index (χ1) is 9.75. The number of para-hydroxylation sites is 1. The number of aromatic nitrogens is 3. The summed E-state index contributed by atoms with van der Waals surface area (Å²) in [6.45, 7) is -0.225. The molecular weight excluding hydrogens is 256 g/mol. The van der Waals surface area contributed by atoms with Crippen LogP contribution < -0.4 is 0 Å². The van der Waals surface area contributed by atoms with Gasteiger partial charge in [-0.05, 0) is 17.7 Å². The normalized spacial score (nSPS) is 12.4. The van der Waals surface area contributed by atoms with Crippen molar-refractivity contribution in [3.05, 3.63) is 70.3 Å². The maximum Gasteiger partial charge on any atom is 0.230 e. The van der Waals surface area contributed by atoms with E-state index in [1.165, 1.54) is 0 Å². The summed E-state index contributed by atoms with van der Waals surface area (Å²) in [6.07, 6.45) is 0. The fraction of sp³-hybridized carbons (Fsp3) is 0.143. The van der Waals surface area contributed by atoms with Gasteiger partial charge in [-0.15, -0.1) is 5.10 Å². The minimum Gasteiger partial charge on any atom is -0.264 e. The molecule has 3 aromatic rings. The molecule has 0 radical (unpaired) electrons. The van der Waals surface area contributed by atoms with Gasteiger partial charge >= 0.3 is 0 Å². The van der Waals surface area contributed by atoms with Crippen LogP contribution in [0, 0.1) is 10.1 Å². The molecule has 6 heteroatoms. The van der Waals surface area contributed by atoms with Gasteiger partial charge in [0.25, 0.3) is 0 Å². The SMILES string of the molecule is O=[N+]([O-])CC(c1ccccc1)n1nnc2ccccc21. The first kappa shape index (κ1) is 12.3. The number of nitrogens with zero attached hydrogens (tertiary/aromatic N) is 4. The Labute approximate surface area is 114 Å². The van der Waals surface area contributed by atoms with E-state index >= 15 is 0 Å². The summed E-state index contributed by atoms with van der Waals surface area (Å²) < 4.78 is 1.62. The molecule has 100 valence electrons. The summed E-state index contributed by atoms with van der Waals surface area (Å²) in [5.41, 5.74) is 2.37. The molecule has 0 fully saturated rings. The first-order valence-electron chi connectivity index (χ1n) is 6.22. The summed E-state index contributed by atoms with van der Waals surface area (Å²) >= 11 is 0. The van der Waals surface area contributed by atoms with Crippen LogP contribution in [0.15, 0.2) is 54.6 Å². The Kier molecular flexibility index (Phi) is 3.12. The second-order valence-corrected chi connectivity index (χ2v) is 4.46. The molecule has 0 bridgehead atoms. The second-order valence-electron chi connectivity index (χ2n) is 4.46. The molecular formula is C14H12N4O2. The fourth-order valence-corrected chi connectivity index (χ4v) is 2.26. The van der Waals surface area contributed by atoms with E-state index in [0.29, 0.717) is 0 Å². The zero-order valence-electron chi connectivity index (χ0n) is 10.6. The van der Waals surface area contributed by atoms with Crippen molar-refractivity contribution in [2.45, 2.75) is 6.04 Å². The van der Waals surface area contributed by atoms with Crippen LogP contribution in [0.4, 0.5) is 0 Å². The van der Waals surface area contributed by atoms with E-state index in [1.807, 2.05) is 54.6 Å². The summed E-state index contributed by atoms with van der Waals surface area (Å²) in [5.74, 6) is 0. The van der Waals surface area contributed by atoms with Crippen LogP contribution in [-0.2, 0) is 0 Å². The van der Waals surface area contributed by atoms with Gasteiger partial charge < -0.3 is 0 Å². The summed E-state index contributed by atoms with van der Waals surface area (Å²) in [4.78, 5) is 10.6. The molecule has 2 aromatic carbocycles. The molecule has 0 aliphatic heterocycles. The highest BCUT2D eigenvalue weighted by Crippen LogP contribution is 2.22. The van der Waals surface area contributed by atoms with Crippen molar-refractivity contribution in [1.82, 2.24) is 15.0 Å². The monoisotopic (exact) mass is 268 g/mol. The molecule has 20 heavy (non-hydrogen) atoms. The fourth-order valence-electron chi connectivity index (χ4n) is 2.26. The Balaban J connectivity index is 2.12. The van der Waals surface area contributed by atoms with Gasteiger partial charge in [-0.2, -0.15) is 0 Å². The van der Waals surface area contributed by atoms with Crippen LogP contribution in [0.5, 0.6) is 0 Å². The number of rotatable bonds is 4. The maximum absolute atomic E-state index is 11.0. The predicted octanol–water partition coefficient (Wildman–Crippen LogP) is 2.30. The van der Waals surface area contributed by atoms with E-state index in [9.17, 15) is 10.1 Å². The van der Waals surface area contributed by atoms with E-state index in [4.69, 9.17) is 0 Å². The van der Waals surface area contributed by atoms with Crippen LogP contribution in [0.2, 0.25) is 0 Å². The minimum atomic E-state index is -0.460. The van der Waals surface area contributed by atoms with Crippen LogP contribution in [0.1, 0.15) is 11.6 Å². The van der Waals surface area contributed by atoms with Gasteiger partial charge in [-0.3, -0.25) is 10.1 Å². The molecule has 1 aromatic heterocycles. The molecule has 1 unspecified atom stereocenters. The highest BCUT2D eigenvalue weighted by atomic mass is 16.6. The van der Waals surface area contributed by atoms with E-state index in [-0.39, 0.29) is 11.5 Å². The predicted molar refractivity (Wildman–Crippen MR) is 74.0 cm³/mol. The molecule has 3 rings (SSSR count). The molecule has 0 saturated carbocycles. The Hall–Kier alpha value is -2.76. The highest BCUT2D eigenvalue weighted by Gasteiger charge is 2.22. The molecule has 1 atom stereocenters. The van der Waals surface area contributed by atoms with Gasteiger partial charge in [0.05, 0.1) is 5.52 Å². The van der Waals surface area contributed by atoms with Gasteiger partial charge in [-0.25, -0.2) is 4.68 Å². The van der Waals surface area contributed by atoms with Crippen molar-refractivity contribution in [3.63, 3.8) is 0 Å². The third-order valence-corrected chi connectivity index (χ3v) is 3.18. The quantitative estimate of drug-likeness (QED) is 0.537. The average molecular weight is 268 g/mol. The summed E-state index contributed by atoms with van der Waals surface area (Å²) in [7, 11) is 0. The van der Waals surface area contributed by atoms with Crippen LogP contribution in [0.3, 0.4) is 0 Å². The van der Waals surface area contributed by atoms with Gasteiger partial charge in [0.1, 0.15) is 11.6 Å². The number of hydrogen-bond acceptors (Lipinski definition) is 4. The summed E-state index contributed by atoms with van der Waals surface area (Å²) in [6, 6.07) is 16.3. The molecule has 0 saturated heterocycles. The topological polar surface area (TPSA) is 73.8 Å². The van der Waals surface area contributed by atoms with Crippen molar-refractivity contribution in [1.29, 1.82) is 0 Å². The van der Waals surface area contributed by atoms with Crippen molar-refractivity contribution in [2.24, 2.45) is 0 Å². The smallest absolute Gasteiger partial charge is 0.230 e. The Morgan fingerprint density at radius 1 is 1.10 bits per heavy atom. The maximum atomic E-state index is 11.0. The van der Waals surface area contributed by atoms with Crippen molar-refractivity contribution < 1.29 is 4.92 Å². The van der Waals surface area contributed by atoms with Crippen LogP contribution >= 0.6 is 0 Å². The van der Waals surface area contributed by atoms with Gasteiger partial charge in [0.15, 0.2) is 0 Å². The molecule has 0 aliphatic carbocycles. The van der Waals surface area contributed by atoms with E-state index in [0.717, 1.165) is 16.6 Å². The van der Waals surface area contributed by atoms with Crippen molar-refractivity contribution in [3.8, 4) is 0 Å². The third-order valence-electron chi connectivity index (χ3n) is 3.18. The summed E-state index contributed by atoms with van der Waals surface area (Å²) in [5, 5.41) is 19.1. The molecule has 0 aliphatic rings. The van der Waals surface area contributed by atoms with Crippen molar-refractivity contribution >= 4 is 11.0 Å². The van der Waals surface area contributed by atoms with Crippen LogP contribution in [-0.4, -0.2) is 26.5 Å². The number of benzene rings is 2. The third kappa shape index (κ3) is 2.23. The zero-order valence-corrected chi connectivity index (χ0v) is 10.6. The van der Waals surface area contributed by atoms with Crippen molar-refractivity contribution in [2.75, 3.05) is 6.54 Å². The van der Waals surface area contributed by atoms with Gasteiger partial charge in [0.2, 0.25) is 6.54 Å². The molecule has 6 nitrogen and oxygen atoms in total. The molecule has 0 amide bonds. The van der Waals surface area contributed by atoms with E-state index in [1.54, 1.807) is 4.68 Å². The van der Waals surface area contributed by atoms with E-state index < -0.39 is 6.04 Å². The second kappa shape index (κ2) is 5.08. The first-order valence-corrected chi connectivity index (χ1v) is 6.22. The Morgan fingerprint density at radius 3 is 2.55 bits per heavy atom. The number of nitro groups is 1. The lowest BCUT2D eigenvalue weighted by Crippen LogP contribution is -2.21. The zero-order chi connectivity index (χ0) is 13.9. The number of hydrogen-bond donors (Lipinski definition) is 0. The standard InChI is InChI=1S/C14H12N4O2/c19-17(20)10-14(11-6-2-1-3-7-11)18-13-9-5-4-8-12(13)15-16-18/h1-9,14H,10H2. The minimum absolute atomic E-state index is 0.225. The Bertz CT molecular complexity index is 739. The number of fused-ring (bicyclic) bond motifs is 1. The lowest BCUT2D eigenvalue weighted by atomic mass is 10.1. The molecule has 0 N–H and O–H groups in total. The Morgan fingerprint density at radius 2 is 1.80 bits per heavy atom. The molecule has 1 heterocycles. The van der Waals surface area contributed by atoms with Crippen LogP contribution in [0.25, 0.3) is 11.0 Å². The lowest BCUT2D eigenvalue weighted by Gasteiger charge is -2.14. The lowest BCUT2D eigenvalue weighted by molar-refractivity contribution is -0.484. The van der Waals surface area contributed by atoms with E-state index in [2.05, 4.69) is 10.3 Å². The average Bonchev–Trinajstić information content (AvgIpc) is 2.89. The van der Waals surface area contributed by atoms with Gasteiger partial charge in [-0.1, -0.05) is 47.7 Å². The molecule has 0 spiro atoms.